The number of nitrogens with one attached hydrogen (secondary N) is 1. The first-order chi connectivity index (χ1) is 7.37. The van der Waals surface area contributed by atoms with Crippen LogP contribution in [0.25, 0.3) is 0 Å². The molecule has 1 amide bonds. The molecule has 0 radical (unpaired) electrons. The normalized spacial score (nSPS) is 11.1. The summed E-state index contributed by atoms with van der Waals surface area (Å²) in [7, 11) is -3.08. The molecule has 1 rings (SSSR count). The lowest BCUT2D eigenvalue weighted by atomic mass is 10.3. The predicted molar refractivity (Wildman–Crippen MR) is 72.1 cm³/mol. The van der Waals surface area contributed by atoms with Crippen LogP contribution in [0.3, 0.4) is 0 Å². The highest BCUT2D eigenvalue weighted by Crippen LogP contribution is 2.12. The zero-order chi connectivity index (χ0) is 12.2. The van der Waals surface area contributed by atoms with Crippen molar-refractivity contribution < 1.29 is 13.2 Å². The van der Waals surface area contributed by atoms with Crippen molar-refractivity contribution in [3.05, 3.63) is 27.8 Å². The number of hydrogen-bond donors (Lipinski definition) is 1. The number of carbonyl (C=O) groups excluding carboxylic acids is 1. The Balaban J connectivity index is 2.52. The quantitative estimate of drug-likeness (QED) is 0.838. The monoisotopic (exact) mass is 353 g/mol. The van der Waals surface area contributed by atoms with E-state index >= 15 is 0 Å². The summed E-state index contributed by atoms with van der Waals surface area (Å²) in [6.07, 6.45) is 1.11. The van der Waals surface area contributed by atoms with Gasteiger partial charge in [-0.1, -0.05) is 6.07 Å². The van der Waals surface area contributed by atoms with Crippen LogP contribution in [0.4, 0.5) is 5.69 Å². The van der Waals surface area contributed by atoms with Crippen molar-refractivity contribution in [2.45, 2.75) is 6.42 Å². The molecule has 0 heterocycles. The van der Waals surface area contributed by atoms with Crippen molar-refractivity contribution in [3.8, 4) is 0 Å². The van der Waals surface area contributed by atoms with Crippen LogP contribution >= 0.6 is 22.6 Å². The molecular weight excluding hydrogens is 341 g/mol. The van der Waals surface area contributed by atoms with E-state index in [1.54, 1.807) is 6.07 Å². The van der Waals surface area contributed by atoms with Crippen LogP contribution in [-0.2, 0) is 14.6 Å². The van der Waals surface area contributed by atoms with Gasteiger partial charge in [-0.3, -0.25) is 4.79 Å². The minimum Gasteiger partial charge on any atom is -0.326 e. The molecule has 0 aliphatic rings. The average molecular weight is 353 g/mol. The third-order valence-corrected chi connectivity index (χ3v) is 3.42. The molecule has 0 aliphatic carbocycles. The van der Waals surface area contributed by atoms with E-state index < -0.39 is 9.84 Å². The van der Waals surface area contributed by atoms with Crippen LogP contribution in [-0.4, -0.2) is 26.3 Å². The molecule has 0 saturated heterocycles. The van der Waals surface area contributed by atoms with Crippen molar-refractivity contribution in [1.29, 1.82) is 0 Å². The molecule has 1 aromatic rings. The van der Waals surface area contributed by atoms with E-state index in [1.165, 1.54) is 0 Å². The second-order valence-electron chi connectivity index (χ2n) is 3.44. The summed E-state index contributed by atoms with van der Waals surface area (Å²) in [6, 6.07) is 7.32. The maximum absolute atomic E-state index is 11.4. The van der Waals surface area contributed by atoms with Gasteiger partial charge in [0.05, 0.1) is 5.75 Å². The first-order valence-electron chi connectivity index (χ1n) is 4.60. The summed E-state index contributed by atoms with van der Waals surface area (Å²) in [4.78, 5) is 11.4. The molecule has 0 atom stereocenters. The van der Waals surface area contributed by atoms with Crippen molar-refractivity contribution in [1.82, 2.24) is 0 Å². The Kier molecular flexibility index (Phi) is 4.72. The average Bonchev–Trinajstić information content (AvgIpc) is 2.14. The molecule has 0 aliphatic heterocycles. The summed E-state index contributed by atoms with van der Waals surface area (Å²) in [5.41, 5.74) is 0.686. The number of hydrogen-bond acceptors (Lipinski definition) is 3. The minimum atomic E-state index is -3.08. The Labute approximate surface area is 108 Å². The van der Waals surface area contributed by atoms with Crippen molar-refractivity contribution >= 4 is 44.0 Å². The van der Waals surface area contributed by atoms with Gasteiger partial charge in [0.25, 0.3) is 0 Å². The predicted octanol–water partition coefficient (Wildman–Crippen LogP) is 1.66. The summed E-state index contributed by atoms with van der Waals surface area (Å²) >= 11 is 2.14. The molecule has 0 unspecified atom stereocenters. The van der Waals surface area contributed by atoms with E-state index in [4.69, 9.17) is 0 Å². The van der Waals surface area contributed by atoms with Gasteiger partial charge >= 0.3 is 0 Å². The highest BCUT2D eigenvalue weighted by atomic mass is 127. The maximum atomic E-state index is 11.4. The van der Waals surface area contributed by atoms with E-state index in [9.17, 15) is 13.2 Å². The summed E-state index contributed by atoms with van der Waals surface area (Å²) < 4.78 is 22.7. The fourth-order valence-electron chi connectivity index (χ4n) is 1.07. The van der Waals surface area contributed by atoms with Gasteiger partial charge in [-0.05, 0) is 40.8 Å². The number of sulfone groups is 1. The van der Waals surface area contributed by atoms with Gasteiger partial charge in [0.1, 0.15) is 9.84 Å². The Morgan fingerprint density at radius 3 is 2.69 bits per heavy atom. The highest BCUT2D eigenvalue weighted by molar-refractivity contribution is 14.1. The summed E-state index contributed by atoms with van der Waals surface area (Å²) in [5.74, 6) is -0.407. The maximum Gasteiger partial charge on any atom is 0.225 e. The lowest BCUT2D eigenvalue weighted by molar-refractivity contribution is -0.115. The molecule has 88 valence electrons. The molecular formula is C10H12INO3S. The fraction of sp³-hybridized carbons (Fsp3) is 0.300. The number of carbonyl (C=O) groups is 1. The van der Waals surface area contributed by atoms with E-state index in [0.717, 1.165) is 9.83 Å². The second kappa shape index (κ2) is 5.62. The number of halogens is 1. The molecule has 6 heteroatoms. The van der Waals surface area contributed by atoms with E-state index in [1.807, 2.05) is 18.2 Å². The lowest BCUT2D eigenvalue weighted by Crippen LogP contribution is -2.16. The van der Waals surface area contributed by atoms with Gasteiger partial charge in [0.2, 0.25) is 5.91 Å². The Morgan fingerprint density at radius 2 is 2.12 bits per heavy atom. The van der Waals surface area contributed by atoms with Crippen LogP contribution in [0.5, 0.6) is 0 Å². The second-order valence-corrected chi connectivity index (χ2v) is 6.94. The molecule has 1 aromatic carbocycles. The number of benzene rings is 1. The summed E-state index contributed by atoms with van der Waals surface area (Å²) in [6.45, 7) is 0. The Morgan fingerprint density at radius 1 is 1.44 bits per heavy atom. The topological polar surface area (TPSA) is 63.2 Å². The first-order valence-corrected chi connectivity index (χ1v) is 7.74. The molecule has 1 N–H and O–H groups in total. The van der Waals surface area contributed by atoms with Crippen molar-refractivity contribution in [3.63, 3.8) is 0 Å². The fourth-order valence-corrected chi connectivity index (χ4v) is 2.17. The van der Waals surface area contributed by atoms with E-state index in [-0.39, 0.29) is 18.1 Å². The molecule has 0 saturated carbocycles. The molecule has 4 nitrogen and oxygen atoms in total. The molecule has 0 fully saturated rings. The lowest BCUT2D eigenvalue weighted by Gasteiger charge is -2.04. The van der Waals surface area contributed by atoms with Gasteiger partial charge < -0.3 is 5.32 Å². The van der Waals surface area contributed by atoms with Crippen LogP contribution in [0.15, 0.2) is 24.3 Å². The molecule has 0 aromatic heterocycles. The number of amides is 1. The number of anilines is 1. The molecule has 0 spiro atoms. The van der Waals surface area contributed by atoms with E-state index in [0.29, 0.717) is 5.69 Å². The smallest absolute Gasteiger partial charge is 0.225 e. The Bertz CT molecular complexity index is 485. The first kappa shape index (κ1) is 13.4. The van der Waals surface area contributed by atoms with Crippen LogP contribution in [0, 0.1) is 3.57 Å². The number of rotatable bonds is 4. The Hall–Kier alpha value is -0.630. The van der Waals surface area contributed by atoms with Crippen molar-refractivity contribution in [2.75, 3.05) is 17.3 Å². The van der Waals surface area contributed by atoms with Gasteiger partial charge in [0.15, 0.2) is 0 Å². The zero-order valence-corrected chi connectivity index (χ0v) is 11.7. The van der Waals surface area contributed by atoms with Gasteiger partial charge in [-0.15, -0.1) is 0 Å². The third-order valence-electron chi connectivity index (χ3n) is 1.81. The molecule has 16 heavy (non-hydrogen) atoms. The van der Waals surface area contributed by atoms with E-state index in [2.05, 4.69) is 27.9 Å². The van der Waals surface area contributed by atoms with Crippen molar-refractivity contribution in [2.24, 2.45) is 0 Å². The zero-order valence-electron chi connectivity index (χ0n) is 8.73. The minimum absolute atomic E-state index is 0.00962. The SMILES string of the molecule is CS(=O)(=O)CCC(=O)Nc1cccc(I)c1. The van der Waals surface area contributed by atoms with Crippen LogP contribution < -0.4 is 5.32 Å². The van der Waals surface area contributed by atoms with Crippen LogP contribution in [0.2, 0.25) is 0 Å². The van der Waals surface area contributed by atoms with Gasteiger partial charge in [-0.2, -0.15) is 0 Å². The van der Waals surface area contributed by atoms with Gasteiger partial charge in [0, 0.05) is 21.9 Å². The molecule has 0 bridgehead atoms. The largest absolute Gasteiger partial charge is 0.326 e. The third kappa shape index (κ3) is 5.45. The van der Waals surface area contributed by atoms with Gasteiger partial charge in [-0.25, -0.2) is 8.42 Å². The highest BCUT2D eigenvalue weighted by Gasteiger charge is 2.08. The summed E-state index contributed by atoms with van der Waals surface area (Å²) in [5, 5.41) is 2.65. The standard InChI is InChI=1S/C10H12INO3S/c1-16(14,15)6-5-10(13)12-9-4-2-3-8(11)7-9/h2-4,7H,5-6H2,1H3,(H,12,13). The van der Waals surface area contributed by atoms with Crippen LogP contribution in [0.1, 0.15) is 6.42 Å².